The predicted molar refractivity (Wildman–Crippen MR) is 83.1 cm³/mol. The molecule has 1 N–H and O–H groups in total. The van der Waals surface area contributed by atoms with Crippen molar-refractivity contribution >= 4 is 34.8 Å². The highest BCUT2D eigenvalue weighted by Crippen LogP contribution is 2.18. The van der Waals surface area contributed by atoms with E-state index in [4.69, 9.17) is 23.2 Å². The smallest absolute Gasteiger partial charge is 0.272 e. The molecular weight excluding hydrogens is 325 g/mol. The largest absolute Gasteiger partial charge is 0.341 e. The van der Waals surface area contributed by atoms with Crippen LogP contribution in [0.3, 0.4) is 0 Å². The Kier molecular flexibility index (Phi) is 3.96. The van der Waals surface area contributed by atoms with E-state index in [0.29, 0.717) is 11.5 Å². The summed E-state index contributed by atoms with van der Waals surface area (Å²) in [6, 6.07) is 8.25. The lowest BCUT2D eigenvalue weighted by molar-refractivity contribution is 0.0933. The van der Waals surface area contributed by atoms with Gasteiger partial charge in [-0.25, -0.2) is 4.98 Å². The van der Waals surface area contributed by atoms with E-state index in [1.165, 1.54) is 12.1 Å². The van der Waals surface area contributed by atoms with E-state index in [0.717, 1.165) is 0 Å². The van der Waals surface area contributed by atoms with E-state index in [9.17, 15) is 4.79 Å². The minimum atomic E-state index is -0.423. The molecule has 0 aliphatic carbocycles. The molecule has 1 atom stereocenters. The average Bonchev–Trinajstić information content (AvgIpc) is 2.93. The van der Waals surface area contributed by atoms with E-state index < -0.39 is 5.91 Å². The third-order valence-electron chi connectivity index (χ3n) is 3.10. The first-order valence-corrected chi connectivity index (χ1v) is 7.24. The number of nitrogens with one attached hydrogen (secondary N) is 1. The number of pyridine rings is 2. The summed E-state index contributed by atoms with van der Waals surface area (Å²) in [4.78, 5) is 16.2. The standard InChI is InChI=1S/C14H11Cl2N5O/c1-8(13-20-19-11-4-2-3-7-21(11)13)17-14(22)12-9(15)5-6-10(16)18-12/h2-8H,1H3,(H,17,22)/t8-/m1/s1. The van der Waals surface area contributed by atoms with Gasteiger partial charge in [0.05, 0.1) is 11.1 Å². The fraction of sp³-hybridized carbons (Fsp3) is 0.143. The second-order valence-electron chi connectivity index (χ2n) is 4.65. The van der Waals surface area contributed by atoms with Crippen molar-refractivity contribution in [1.82, 2.24) is 24.9 Å². The van der Waals surface area contributed by atoms with Crippen LogP contribution in [0.5, 0.6) is 0 Å². The molecule has 0 fully saturated rings. The van der Waals surface area contributed by atoms with Gasteiger partial charge in [-0.3, -0.25) is 9.20 Å². The number of rotatable bonds is 3. The molecule has 6 nitrogen and oxygen atoms in total. The van der Waals surface area contributed by atoms with E-state index in [2.05, 4.69) is 20.5 Å². The number of carbonyl (C=O) groups is 1. The molecule has 0 unspecified atom stereocenters. The van der Waals surface area contributed by atoms with Crippen molar-refractivity contribution in [1.29, 1.82) is 0 Å². The number of fused-ring (bicyclic) bond motifs is 1. The van der Waals surface area contributed by atoms with Gasteiger partial charge in [0.2, 0.25) is 0 Å². The number of aromatic nitrogens is 4. The lowest BCUT2D eigenvalue weighted by Crippen LogP contribution is -2.29. The molecule has 3 aromatic rings. The number of hydrogen-bond donors (Lipinski definition) is 1. The van der Waals surface area contributed by atoms with Gasteiger partial charge in [-0.15, -0.1) is 10.2 Å². The Morgan fingerprint density at radius 3 is 2.86 bits per heavy atom. The van der Waals surface area contributed by atoms with Crippen molar-refractivity contribution in [2.75, 3.05) is 0 Å². The van der Waals surface area contributed by atoms with E-state index >= 15 is 0 Å². The Balaban J connectivity index is 1.86. The Hall–Kier alpha value is -2.18. The van der Waals surface area contributed by atoms with Gasteiger partial charge in [0, 0.05) is 6.20 Å². The van der Waals surface area contributed by atoms with Crippen LogP contribution in [0.2, 0.25) is 10.2 Å². The molecule has 0 aliphatic rings. The maximum atomic E-state index is 12.3. The van der Waals surface area contributed by atoms with E-state index in [1.807, 2.05) is 24.4 Å². The average molecular weight is 336 g/mol. The quantitative estimate of drug-likeness (QED) is 0.747. The topological polar surface area (TPSA) is 72.2 Å². The third-order valence-corrected chi connectivity index (χ3v) is 3.62. The van der Waals surface area contributed by atoms with Gasteiger partial charge in [0.25, 0.3) is 5.91 Å². The number of nitrogens with zero attached hydrogens (tertiary/aromatic N) is 4. The molecule has 22 heavy (non-hydrogen) atoms. The molecule has 0 saturated heterocycles. The zero-order valence-electron chi connectivity index (χ0n) is 11.5. The van der Waals surface area contributed by atoms with Gasteiger partial charge in [-0.05, 0) is 31.2 Å². The highest BCUT2D eigenvalue weighted by Gasteiger charge is 2.19. The zero-order valence-corrected chi connectivity index (χ0v) is 13.0. The molecule has 0 aliphatic heterocycles. The highest BCUT2D eigenvalue weighted by atomic mass is 35.5. The molecule has 0 bridgehead atoms. The van der Waals surface area contributed by atoms with Crippen LogP contribution in [0.25, 0.3) is 5.65 Å². The first-order chi connectivity index (χ1) is 10.6. The number of amides is 1. The molecule has 3 aromatic heterocycles. The maximum Gasteiger partial charge on any atom is 0.272 e. The van der Waals surface area contributed by atoms with Crippen LogP contribution in [-0.2, 0) is 0 Å². The summed E-state index contributed by atoms with van der Waals surface area (Å²) in [5.41, 5.74) is 0.785. The van der Waals surface area contributed by atoms with Crippen LogP contribution >= 0.6 is 23.2 Å². The van der Waals surface area contributed by atoms with E-state index in [1.54, 1.807) is 11.3 Å². The monoisotopic (exact) mass is 335 g/mol. The maximum absolute atomic E-state index is 12.3. The van der Waals surface area contributed by atoms with Crippen molar-refractivity contribution in [2.45, 2.75) is 13.0 Å². The summed E-state index contributed by atoms with van der Waals surface area (Å²) in [7, 11) is 0. The SMILES string of the molecule is C[C@@H](NC(=O)c1nc(Cl)ccc1Cl)c1nnc2ccccn12. The second kappa shape index (κ2) is 5.90. The molecule has 0 radical (unpaired) electrons. The molecule has 0 spiro atoms. The minimum Gasteiger partial charge on any atom is -0.341 e. The Morgan fingerprint density at radius 1 is 1.23 bits per heavy atom. The second-order valence-corrected chi connectivity index (χ2v) is 5.44. The van der Waals surface area contributed by atoms with Gasteiger partial charge in [0.15, 0.2) is 11.5 Å². The van der Waals surface area contributed by atoms with Crippen molar-refractivity contribution in [3.8, 4) is 0 Å². The lowest BCUT2D eigenvalue weighted by Gasteiger charge is -2.12. The Bertz CT molecular complexity index is 848. The summed E-state index contributed by atoms with van der Waals surface area (Å²) in [6.07, 6.45) is 1.83. The van der Waals surface area contributed by atoms with Crippen LogP contribution in [0.1, 0.15) is 29.3 Å². The van der Waals surface area contributed by atoms with Crippen molar-refractivity contribution in [2.24, 2.45) is 0 Å². The zero-order chi connectivity index (χ0) is 15.7. The third kappa shape index (κ3) is 2.75. The first-order valence-electron chi connectivity index (χ1n) is 6.49. The Morgan fingerprint density at radius 2 is 2.05 bits per heavy atom. The van der Waals surface area contributed by atoms with Crippen LogP contribution in [0, 0.1) is 0 Å². The fourth-order valence-corrected chi connectivity index (χ4v) is 2.40. The Labute approximate surface area is 136 Å². The molecule has 3 rings (SSSR count). The summed E-state index contributed by atoms with van der Waals surface area (Å²) < 4.78 is 1.80. The van der Waals surface area contributed by atoms with Crippen LogP contribution in [-0.4, -0.2) is 25.5 Å². The van der Waals surface area contributed by atoms with Gasteiger partial charge < -0.3 is 5.32 Å². The van der Waals surface area contributed by atoms with Crippen molar-refractivity contribution in [3.05, 3.63) is 58.2 Å². The van der Waals surface area contributed by atoms with Gasteiger partial charge >= 0.3 is 0 Å². The fourth-order valence-electron chi connectivity index (χ4n) is 2.06. The van der Waals surface area contributed by atoms with Crippen molar-refractivity contribution < 1.29 is 4.79 Å². The molecule has 0 saturated carbocycles. The van der Waals surface area contributed by atoms with Crippen LogP contribution < -0.4 is 5.32 Å². The van der Waals surface area contributed by atoms with Crippen molar-refractivity contribution in [3.63, 3.8) is 0 Å². The van der Waals surface area contributed by atoms with Gasteiger partial charge in [-0.2, -0.15) is 0 Å². The van der Waals surface area contributed by atoms with E-state index in [-0.39, 0.29) is 21.9 Å². The number of carbonyl (C=O) groups excluding carboxylic acids is 1. The molecular formula is C14H11Cl2N5O. The molecule has 1 amide bonds. The highest BCUT2D eigenvalue weighted by molar-refractivity contribution is 6.34. The predicted octanol–water partition coefficient (Wildman–Crippen LogP) is 2.92. The molecule has 3 heterocycles. The number of hydrogen-bond acceptors (Lipinski definition) is 4. The van der Waals surface area contributed by atoms with Gasteiger partial charge in [-0.1, -0.05) is 29.3 Å². The molecule has 8 heteroatoms. The van der Waals surface area contributed by atoms with Gasteiger partial charge in [0.1, 0.15) is 10.8 Å². The normalized spacial score (nSPS) is 12.3. The summed E-state index contributed by atoms with van der Waals surface area (Å²) in [5.74, 6) is 0.190. The lowest BCUT2D eigenvalue weighted by atomic mass is 10.2. The first kappa shape index (κ1) is 14.7. The summed E-state index contributed by atoms with van der Waals surface area (Å²) in [5, 5.41) is 11.4. The molecule has 0 aromatic carbocycles. The van der Waals surface area contributed by atoms with Crippen LogP contribution in [0.4, 0.5) is 0 Å². The summed E-state index contributed by atoms with van der Waals surface area (Å²) in [6.45, 7) is 1.81. The number of halogens is 2. The summed E-state index contributed by atoms with van der Waals surface area (Å²) >= 11 is 11.8. The minimum absolute atomic E-state index is 0.0786. The molecule has 112 valence electrons. The van der Waals surface area contributed by atoms with Crippen LogP contribution in [0.15, 0.2) is 36.5 Å².